The second-order valence-electron chi connectivity index (χ2n) is 8.26. The summed E-state index contributed by atoms with van der Waals surface area (Å²) in [6.45, 7) is 9.39. The smallest absolute Gasteiger partial charge is 0.224 e. The predicted molar refractivity (Wildman–Crippen MR) is 101 cm³/mol. The number of carbonyl (C=O) groups excluding carboxylic acids is 2. The normalized spacial score (nSPS) is 29.7. The van der Waals surface area contributed by atoms with Gasteiger partial charge in [-0.2, -0.15) is 0 Å². The van der Waals surface area contributed by atoms with Crippen LogP contribution in [-0.2, 0) is 14.3 Å². The summed E-state index contributed by atoms with van der Waals surface area (Å²) in [5.41, 5.74) is 0. The van der Waals surface area contributed by atoms with E-state index in [-0.39, 0.29) is 11.8 Å². The zero-order valence-corrected chi connectivity index (χ0v) is 16.5. The van der Waals surface area contributed by atoms with E-state index in [1.807, 2.05) is 9.80 Å². The molecule has 0 N–H and O–H groups in total. The van der Waals surface area contributed by atoms with E-state index in [0.717, 1.165) is 64.8 Å². The Labute approximate surface area is 157 Å². The average Bonchev–Trinajstić information content (AvgIpc) is 2.83. The fourth-order valence-corrected chi connectivity index (χ4v) is 4.66. The number of amides is 2. The van der Waals surface area contributed by atoms with E-state index in [9.17, 15) is 9.59 Å². The van der Waals surface area contributed by atoms with Gasteiger partial charge in [0.15, 0.2) is 0 Å². The lowest BCUT2D eigenvalue weighted by atomic mass is 10.0. The Kier molecular flexibility index (Phi) is 6.92. The molecule has 0 bridgehead atoms. The van der Waals surface area contributed by atoms with Crippen molar-refractivity contribution in [2.24, 2.45) is 0 Å². The molecular weight excluding hydrogens is 330 g/mol. The maximum absolute atomic E-state index is 12.6. The molecule has 3 saturated heterocycles. The molecule has 3 heterocycles. The van der Waals surface area contributed by atoms with Crippen molar-refractivity contribution in [1.82, 2.24) is 14.7 Å². The monoisotopic (exact) mass is 365 g/mol. The van der Waals surface area contributed by atoms with Gasteiger partial charge in [0.1, 0.15) is 0 Å². The third kappa shape index (κ3) is 5.19. The van der Waals surface area contributed by atoms with Crippen LogP contribution in [0.15, 0.2) is 0 Å². The summed E-state index contributed by atoms with van der Waals surface area (Å²) in [6, 6.07) is 0.569. The van der Waals surface area contributed by atoms with Gasteiger partial charge in [-0.3, -0.25) is 14.5 Å². The van der Waals surface area contributed by atoms with E-state index < -0.39 is 0 Å². The average molecular weight is 366 g/mol. The van der Waals surface area contributed by atoms with Crippen molar-refractivity contribution < 1.29 is 14.3 Å². The summed E-state index contributed by atoms with van der Waals surface area (Å²) in [5.74, 6) is 0.439. The molecule has 26 heavy (non-hydrogen) atoms. The first-order valence-electron chi connectivity index (χ1n) is 10.5. The zero-order chi connectivity index (χ0) is 18.5. The molecule has 0 aromatic heterocycles. The van der Waals surface area contributed by atoms with Gasteiger partial charge in [-0.1, -0.05) is 6.42 Å². The highest BCUT2D eigenvalue weighted by Gasteiger charge is 2.31. The quantitative estimate of drug-likeness (QED) is 0.763. The van der Waals surface area contributed by atoms with Gasteiger partial charge in [-0.15, -0.1) is 0 Å². The van der Waals surface area contributed by atoms with Gasteiger partial charge in [-0.05, 0) is 39.5 Å². The molecule has 0 saturated carbocycles. The SMILES string of the molecule is C[C@@H]1CN(C2CCN(C(=O)CCN3CCCCCC3=O)CC2)C[C@H](C)O1. The molecular formula is C20H35N3O3. The molecule has 2 amide bonds. The van der Waals surface area contributed by atoms with Crippen molar-refractivity contribution in [3.63, 3.8) is 0 Å². The molecule has 0 spiro atoms. The Morgan fingerprint density at radius 2 is 1.73 bits per heavy atom. The van der Waals surface area contributed by atoms with E-state index in [0.29, 0.717) is 37.6 Å². The molecule has 0 unspecified atom stereocenters. The third-order valence-electron chi connectivity index (χ3n) is 6.05. The fraction of sp³-hybridized carbons (Fsp3) is 0.900. The standard InChI is InChI=1S/C20H35N3O3/c1-16-14-23(15-17(2)26-16)18-7-11-22(12-8-18)20(25)9-13-21-10-5-3-4-6-19(21)24/h16-18H,3-15H2,1-2H3/t16-,17+. The second kappa shape index (κ2) is 9.18. The largest absolute Gasteiger partial charge is 0.373 e. The van der Waals surface area contributed by atoms with Crippen LogP contribution in [0.2, 0.25) is 0 Å². The van der Waals surface area contributed by atoms with Crippen LogP contribution < -0.4 is 0 Å². The number of carbonyl (C=O) groups is 2. The van der Waals surface area contributed by atoms with Gasteiger partial charge in [0.05, 0.1) is 12.2 Å². The first-order chi connectivity index (χ1) is 12.5. The van der Waals surface area contributed by atoms with Crippen molar-refractivity contribution in [2.45, 2.75) is 77.0 Å². The van der Waals surface area contributed by atoms with E-state index in [4.69, 9.17) is 4.74 Å². The summed E-state index contributed by atoms with van der Waals surface area (Å²) in [7, 11) is 0. The van der Waals surface area contributed by atoms with E-state index in [1.165, 1.54) is 0 Å². The highest BCUT2D eigenvalue weighted by molar-refractivity contribution is 5.79. The van der Waals surface area contributed by atoms with Crippen molar-refractivity contribution >= 4 is 11.8 Å². The number of ether oxygens (including phenoxy) is 1. The molecule has 3 aliphatic rings. The minimum Gasteiger partial charge on any atom is -0.373 e. The topological polar surface area (TPSA) is 53.1 Å². The summed E-state index contributed by atoms with van der Waals surface area (Å²) < 4.78 is 5.84. The lowest BCUT2D eigenvalue weighted by Crippen LogP contribution is -2.53. The van der Waals surface area contributed by atoms with Crippen LogP contribution in [0.5, 0.6) is 0 Å². The van der Waals surface area contributed by atoms with Crippen LogP contribution in [0.25, 0.3) is 0 Å². The van der Waals surface area contributed by atoms with Gasteiger partial charge < -0.3 is 14.5 Å². The molecule has 2 atom stereocenters. The van der Waals surface area contributed by atoms with Gasteiger partial charge >= 0.3 is 0 Å². The zero-order valence-electron chi connectivity index (χ0n) is 16.5. The first-order valence-corrected chi connectivity index (χ1v) is 10.5. The summed E-state index contributed by atoms with van der Waals surface area (Å²) >= 11 is 0. The number of rotatable bonds is 4. The van der Waals surface area contributed by atoms with Crippen LogP contribution in [0.1, 0.15) is 58.8 Å². The molecule has 6 nitrogen and oxygen atoms in total. The van der Waals surface area contributed by atoms with Crippen LogP contribution in [0.4, 0.5) is 0 Å². The highest BCUT2D eigenvalue weighted by atomic mass is 16.5. The molecule has 3 rings (SSSR count). The Balaban J connectivity index is 1.41. The molecule has 6 heteroatoms. The number of hydrogen-bond donors (Lipinski definition) is 0. The summed E-state index contributed by atoms with van der Waals surface area (Å²) in [4.78, 5) is 31.1. The molecule has 148 valence electrons. The number of nitrogens with zero attached hydrogens (tertiary/aromatic N) is 3. The number of hydrogen-bond acceptors (Lipinski definition) is 4. The Morgan fingerprint density at radius 3 is 2.42 bits per heavy atom. The van der Waals surface area contributed by atoms with Crippen LogP contribution in [-0.4, -0.2) is 84.0 Å². The summed E-state index contributed by atoms with van der Waals surface area (Å²) in [5, 5.41) is 0. The van der Waals surface area contributed by atoms with Gasteiger partial charge in [0, 0.05) is 58.2 Å². The lowest BCUT2D eigenvalue weighted by molar-refractivity contribution is -0.136. The minimum absolute atomic E-state index is 0.212. The lowest BCUT2D eigenvalue weighted by Gasteiger charge is -2.43. The highest BCUT2D eigenvalue weighted by Crippen LogP contribution is 2.22. The van der Waals surface area contributed by atoms with Gasteiger partial charge in [-0.25, -0.2) is 0 Å². The fourth-order valence-electron chi connectivity index (χ4n) is 4.66. The van der Waals surface area contributed by atoms with Crippen molar-refractivity contribution in [2.75, 3.05) is 39.3 Å². The van der Waals surface area contributed by atoms with Crippen molar-refractivity contribution in [3.8, 4) is 0 Å². The predicted octanol–water partition coefficient (Wildman–Crippen LogP) is 1.88. The van der Waals surface area contributed by atoms with Crippen LogP contribution >= 0.6 is 0 Å². The molecule has 0 aromatic carbocycles. The Bertz CT molecular complexity index is 481. The van der Waals surface area contributed by atoms with Gasteiger partial charge in [0.2, 0.25) is 11.8 Å². The maximum Gasteiger partial charge on any atom is 0.224 e. The van der Waals surface area contributed by atoms with E-state index >= 15 is 0 Å². The Hall–Kier alpha value is -1.14. The number of morpholine rings is 1. The van der Waals surface area contributed by atoms with Crippen LogP contribution in [0, 0.1) is 0 Å². The summed E-state index contributed by atoms with van der Waals surface area (Å²) in [6.07, 6.45) is 7.01. The maximum atomic E-state index is 12.6. The van der Waals surface area contributed by atoms with E-state index in [1.54, 1.807) is 0 Å². The molecule has 0 aromatic rings. The number of likely N-dealkylation sites (tertiary alicyclic amines) is 2. The Morgan fingerprint density at radius 1 is 1.04 bits per heavy atom. The molecule has 3 fully saturated rings. The first kappa shape index (κ1) is 19.6. The van der Waals surface area contributed by atoms with Crippen LogP contribution in [0.3, 0.4) is 0 Å². The molecule has 0 radical (unpaired) electrons. The van der Waals surface area contributed by atoms with E-state index in [2.05, 4.69) is 18.7 Å². The molecule has 0 aliphatic carbocycles. The second-order valence-corrected chi connectivity index (χ2v) is 8.26. The van der Waals surface area contributed by atoms with Crippen molar-refractivity contribution in [3.05, 3.63) is 0 Å². The third-order valence-corrected chi connectivity index (χ3v) is 6.05. The number of piperidine rings is 1. The van der Waals surface area contributed by atoms with Crippen molar-refractivity contribution in [1.29, 1.82) is 0 Å². The molecule has 3 aliphatic heterocycles. The minimum atomic E-state index is 0.212. The van der Waals surface area contributed by atoms with Gasteiger partial charge in [0.25, 0.3) is 0 Å².